The molecule has 4 N–H and O–H groups in total. The van der Waals surface area contributed by atoms with Crippen molar-refractivity contribution in [3.8, 4) is 5.75 Å². The Morgan fingerprint density at radius 1 is 1.60 bits per heavy atom. The summed E-state index contributed by atoms with van der Waals surface area (Å²) in [4.78, 5) is 10.8. The standard InChI is InChI=1S/C10H14N2O3/c1-15-9-5-3-2-4-7(9)12-8(6-11)10(13)14/h2-5,8,12H,6,11H2,1H3,(H,13,14). The third-order valence-electron chi connectivity index (χ3n) is 1.97. The van der Waals surface area contributed by atoms with Gasteiger partial charge in [-0.2, -0.15) is 0 Å². The minimum Gasteiger partial charge on any atom is -0.495 e. The van der Waals surface area contributed by atoms with Crippen molar-refractivity contribution in [1.29, 1.82) is 0 Å². The van der Waals surface area contributed by atoms with Crippen LogP contribution in [0.2, 0.25) is 0 Å². The van der Waals surface area contributed by atoms with Crippen LogP contribution in [0.15, 0.2) is 24.3 Å². The Labute approximate surface area is 87.9 Å². The molecule has 1 atom stereocenters. The van der Waals surface area contributed by atoms with Crippen LogP contribution >= 0.6 is 0 Å². The maximum atomic E-state index is 10.8. The fraction of sp³-hybridized carbons (Fsp3) is 0.300. The van der Waals surface area contributed by atoms with Gasteiger partial charge in [0.2, 0.25) is 0 Å². The minimum atomic E-state index is -0.983. The molecule has 5 nitrogen and oxygen atoms in total. The van der Waals surface area contributed by atoms with Gasteiger partial charge in [0.1, 0.15) is 11.8 Å². The van der Waals surface area contributed by atoms with Gasteiger partial charge >= 0.3 is 5.97 Å². The van der Waals surface area contributed by atoms with Gasteiger partial charge in [-0.15, -0.1) is 0 Å². The summed E-state index contributed by atoms with van der Waals surface area (Å²) in [5, 5.41) is 11.6. The van der Waals surface area contributed by atoms with Crippen molar-refractivity contribution in [1.82, 2.24) is 0 Å². The lowest BCUT2D eigenvalue weighted by molar-refractivity contribution is -0.137. The Morgan fingerprint density at radius 2 is 2.27 bits per heavy atom. The molecule has 1 aromatic rings. The lowest BCUT2D eigenvalue weighted by atomic mass is 10.2. The highest BCUT2D eigenvalue weighted by Crippen LogP contribution is 2.23. The fourth-order valence-corrected chi connectivity index (χ4v) is 1.17. The summed E-state index contributed by atoms with van der Waals surface area (Å²) >= 11 is 0. The van der Waals surface area contributed by atoms with E-state index in [1.807, 2.05) is 6.07 Å². The first-order valence-electron chi connectivity index (χ1n) is 4.51. The number of benzene rings is 1. The van der Waals surface area contributed by atoms with Gasteiger partial charge in [-0.05, 0) is 12.1 Å². The number of nitrogens with two attached hydrogens (primary N) is 1. The van der Waals surface area contributed by atoms with E-state index in [1.165, 1.54) is 7.11 Å². The van der Waals surface area contributed by atoms with Crippen molar-refractivity contribution < 1.29 is 14.6 Å². The molecule has 0 aliphatic rings. The smallest absolute Gasteiger partial charge is 0.327 e. The van der Waals surface area contributed by atoms with Crippen LogP contribution in [-0.2, 0) is 4.79 Å². The van der Waals surface area contributed by atoms with Crippen molar-refractivity contribution >= 4 is 11.7 Å². The van der Waals surface area contributed by atoms with Crippen LogP contribution in [0.4, 0.5) is 5.69 Å². The predicted octanol–water partition coefficient (Wildman–Crippen LogP) is 0.519. The fourth-order valence-electron chi connectivity index (χ4n) is 1.17. The Balaban J connectivity index is 2.82. The van der Waals surface area contributed by atoms with Gasteiger partial charge in [-0.3, -0.25) is 0 Å². The monoisotopic (exact) mass is 210 g/mol. The lowest BCUT2D eigenvalue weighted by Gasteiger charge is -2.15. The molecule has 0 heterocycles. The molecule has 0 saturated heterocycles. The third-order valence-corrected chi connectivity index (χ3v) is 1.97. The topological polar surface area (TPSA) is 84.6 Å². The number of nitrogens with one attached hydrogen (secondary N) is 1. The van der Waals surface area contributed by atoms with E-state index in [4.69, 9.17) is 15.6 Å². The summed E-state index contributed by atoms with van der Waals surface area (Å²) in [6.45, 7) is 0.0212. The van der Waals surface area contributed by atoms with Crippen molar-refractivity contribution in [3.63, 3.8) is 0 Å². The van der Waals surface area contributed by atoms with Crippen LogP contribution in [0.5, 0.6) is 5.75 Å². The van der Waals surface area contributed by atoms with Gasteiger partial charge in [0.05, 0.1) is 12.8 Å². The Kier molecular flexibility index (Phi) is 3.93. The first-order chi connectivity index (χ1) is 7.19. The second kappa shape index (κ2) is 5.21. The zero-order valence-corrected chi connectivity index (χ0v) is 8.43. The average Bonchev–Trinajstić information content (AvgIpc) is 2.25. The van der Waals surface area contributed by atoms with Gasteiger partial charge in [0.15, 0.2) is 0 Å². The van der Waals surface area contributed by atoms with Crippen LogP contribution in [-0.4, -0.2) is 30.8 Å². The van der Waals surface area contributed by atoms with E-state index < -0.39 is 12.0 Å². The number of methoxy groups -OCH3 is 1. The molecular formula is C10H14N2O3. The van der Waals surface area contributed by atoms with Crippen LogP contribution in [0.3, 0.4) is 0 Å². The van der Waals surface area contributed by atoms with Crippen molar-refractivity contribution in [2.75, 3.05) is 19.0 Å². The van der Waals surface area contributed by atoms with Crippen LogP contribution in [0.25, 0.3) is 0 Å². The number of hydrogen-bond acceptors (Lipinski definition) is 4. The van der Waals surface area contributed by atoms with Gasteiger partial charge in [0.25, 0.3) is 0 Å². The summed E-state index contributed by atoms with van der Waals surface area (Å²) in [6, 6.07) is 6.28. The summed E-state index contributed by atoms with van der Waals surface area (Å²) in [5.41, 5.74) is 5.95. The van der Waals surface area contributed by atoms with E-state index in [0.29, 0.717) is 11.4 Å². The van der Waals surface area contributed by atoms with Crippen molar-refractivity contribution in [2.24, 2.45) is 5.73 Å². The van der Waals surface area contributed by atoms with Crippen LogP contribution in [0.1, 0.15) is 0 Å². The first kappa shape index (κ1) is 11.3. The maximum Gasteiger partial charge on any atom is 0.327 e. The van der Waals surface area contributed by atoms with Gasteiger partial charge in [0, 0.05) is 6.54 Å². The quantitative estimate of drug-likeness (QED) is 0.659. The summed E-state index contributed by atoms with van der Waals surface area (Å²) in [7, 11) is 1.53. The highest BCUT2D eigenvalue weighted by atomic mass is 16.5. The molecule has 0 amide bonds. The van der Waals surface area contributed by atoms with E-state index in [1.54, 1.807) is 18.2 Å². The van der Waals surface area contributed by atoms with Gasteiger partial charge in [-0.25, -0.2) is 4.79 Å². The number of hydrogen-bond donors (Lipinski definition) is 3. The van der Waals surface area contributed by atoms with E-state index >= 15 is 0 Å². The third kappa shape index (κ3) is 2.85. The predicted molar refractivity (Wildman–Crippen MR) is 57.1 cm³/mol. The minimum absolute atomic E-state index is 0.0212. The Hall–Kier alpha value is -1.75. The number of aliphatic carboxylic acids is 1. The average molecular weight is 210 g/mol. The number of carboxylic acid groups (broad SMARTS) is 1. The largest absolute Gasteiger partial charge is 0.495 e. The molecular weight excluding hydrogens is 196 g/mol. The molecule has 0 radical (unpaired) electrons. The van der Waals surface area contributed by atoms with E-state index in [0.717, 1.165) is 0 Å². The number of ether oxygens (including phenoxy) is 1. The summed E-state index contributed by atoms with van der Waals surface area (Å²) < 4.78 is 5.07. The van der Waals surface area contributed by atoms with E-state index in [9.17, 15) is 4.79 Å². The van der Waals surface area contributed by atoms with E-state index in [-0.39, 0.29) is 6.54 Å². The molecule has 0 saturated carbocycles. The second-order valence-electron chi connectivity index (χ2n) is 2.97. The van der Waals surface area contributed by atoms with Crippen LogP contribution in [0, 0.1) is 0 Å². The highest BCUT2D eigenvalue weighted by Gasteiger charge is 2.16. The second-order valence-corrected chi connectivity index (χ2v) is 2.97. The number of carboxylic acids is 1. The SMILES string of the molecule is COc1ccccc1NC(CN)C(=O)O. The molecule has 0 aromatic heterocycles. The number of anilines is 1. The molecule has 82 valence electrons. The van der Waals surface area contributed by atoms with Gasteiger partial charge in [-0.1, -0.05) is 12.1 Å². The van der Waals surface area contributed by atoms with Crippen molar-refractivity contribution in [2.45, 2.75) is 6.04 Å². The van der Waals surface area contributed by atoms with Crippen LogP contribution < -0.4 is 15.8 Å². The van der Waals surface area contributed by atoms with Crippen molar-refractivity contribution in [3.05, 3.63) is 24.3 Å². The Morgan fingerprint density at radius 3 is 2.80 bits per heavy atom. The highest BCUT2D eigenvalue weighted by molar-refractivity contribution is 5.78. The molecule has 0 aliphatic heterocycles. The number of rotatable bonds is 5. The molecule has 15 heavy (non-hydrogen) atoms. The molecule has 5 heteroatoms. The van der Waals surface area contributed by atoms with E-state index in [2.05, 4.69) is 5.32 Å². The zero-order chi connectivity index (χ0) is 11.3. The molecule has 0 aliphatic carbocycles. The molecule has 1 rings (SSSR count). The number of para-hydroxylation sites is 2. The summed E-state index contributed by atoms with van der Waals surface area (Å²) in [5.74, 6) is -0.388. The molecule has 1 aromatic carbocycles. The van der Waals surface area contributed by atoms with Gasteiger partial charge < -0.3 is 20.9 Å². The molecule has 0 fully saturated rings. The maximum absolute atomic E-state index is 10.8. The summed E-state index contributed by atoms with van der Waals surface area (Å²) in [6.07, 6.45) is 0. The molecule has 1 unspecified atom stereocenters. The normalized spacial score (nSPS) is 11.9. The Bertz CT molecular complexity index is 341. The first-order valence-corrected chi connectivity index (χ1v) is 4.51. The molecule has 0 bridgehead atoms. The lowest BCUT2D eigenvalue weighted by Crippen LogP contribution is -2.36. The zero-order valence-electron chi connectivity index (χ0n) is 8.43. The molecule has 0 spiro atoms. The number of carbonyl (C=O) groups is 1.